The first-order chi connectivity index (χ1) is 19.0. The first-order valence-electron chi connectivity index (χ1n) is 13.7. The van der Waals surface area contributed by atoms with Gasteiger partial charge in [0.05, 0.1) is 13.3 Å². The zero-order valence-corrected chi connectivity index (χ0v) is 23.5. The summed E-state index contributed by atoms with van der Waals surface area (Å²) in [5, 5.41) is 0. The summed E-state index contributed by atoms with van der Waals surface area (Å²) in [6, 6.07) is 18.0. The number of thioether (sulfide) groups is 1. The lowest BCUT2D eigenvalue weighted by Gasteiger charge is -2.20. The second kappa shape index (κ2) is 12.4. The first kappa shape index (κ1) is 27.5. The van der Waals surface area contributed by atoms with Crippen molar-refractivity contribution in [3.05, 3.63) is 82.7 Å². The van der Waals surface area contributed by atoms with Crippen LogP contribution < -0.4 is 15.2 Å². The average Bonchev–Trinajstić information content (AvgIpc) is 3.30. The van der Waals surface area contributed by atoms with Gasteiger partial charge in [0.25, 0.3) is 0 Å². The topological polar surface area (TPSA) is 47.7 Å². The molecule has 2 N–H and O–H groups in total. The maximum atomic E-state index is 15.3. The summed E-state index contributed by atoms with van der Waals surface area (Å²) >= 11 is 1.78. The number of anilines is 1. The van der Waals surface area contributed by atoms with E-state index in [4.69, 9.17) is 15.2 Å². The smallest absolute Gasteiger partial charge is 0.168 e. The second-order valence-corrected chi connectivity index (χ2v) is 11.2. The fourth-order valence-electron chi connectivity index (χ4n) is 5.54. The lowest BCUT2D eigenvalue weighted by Crippen LogP contribution is -2.26. The molecule has 0 aromatic heterocycles. The van der Waals surface area contributed by atoms with Gasteiger partial charge in [-0.15, -0.1) is 11.8 Å². The highest BCUT2D eigenvalue weighted by Crippen LogP contribution is 2.45. The van der Waals surface area contributed by atoms with Crippen LogP contribution in [0.2, 0.25) is 0 Å². The molecule has 0 aliphatic carbocycles. The van der Waals surface area contributed by atoms with Gasteiger partial charge in [-0.25, -0.2) is 4.39 Å². The van der Waals surface area contributed by atoms with Crippen LogP contribution >= 0.6 is 11.8 Å². The molecule has 39 heavy (non-hydrogen) atoms. The highest BCUT2D eigenvalue weighted by Gasteiger charge is 2.25. The molecule has 5 rings (SSSR count). The van der Waals surface area contributed by atoms with Crippen LogP contribution in [0.3, 0.4) is 0 Å². The van der Waals surface area contributed by atoms with Crippen LogP contribution in [0.4, 0.5) is 14.5 Å². The number of hydrogen-bond donors (Lipinski definition) is 1. The molecule has 2 heterocycles. The van der Waals surface area contributed by atoms with Crippen LogP contribution in [0.15, 0.2) is 59.5 Å². The number of likely N-dealkylation sites (tertiary alicyclic amines) is 1. The van der Waals surface area contributed by atoms with E-state index in [-0.39, 0.29) is 24.3 Å². The third-order valence-electron chi connectivity index (χ3n) is 7.45. The van der Waals surface area contributed by atoms with Gasteiger partial charge in [-0.05, 0) is 96.8 Å². The molecule has 0 saturated carbocycles. The monoisotopic (exact) mass is 550 g/mol. The standard InChI is InChI=1S/C32H36F2N2O2S/c1-3-37-29-12-11-26(21(2)32(29)34)27-14-18-39-30-19-23(35)7-10-28(30)31(27)22-5-8-24(9-6-22)38-25-13-17-36(20-25)16-4-15-33/h5-12,19,25H,3-4,13-18,20,35H2,1-2H3. The fraction of sp³-hybridized carbons (Fsp3) is 0.375. The minimum absolute atomic E-state index is 0.109. The van der Waals surface area contributed by atoms with E-state index in [0.29, 0.717) is 18.6 Å². The lowest BCUT2D eigenvalue weighted by molar-refractivity contribution is 0.198. The lowest BCUT2D eigenvalue weighted by atomic mass is 9.86. The normalized spacial score (nSPS) is 17.7. The van der Waals surface area contributed by atoms with Gasteiger partial charge in [0.15, 0.2) is 11.6 Å². The molecule has 0 amide bonds. The summed E-state index contributed by atoms with van der Waals surface area (Å²) in [7, 11) is 0. The van der Waals surface area contributed by atoms with Gasteiger partial charge >= 0.3 is 0 Å². The van der Waals surface area contributed by atoms with Gasteiger partial charge in [-0.2, -0.15) is 0 Å². The molecular weight excluding hydrogens is 514 g/mol. The Morgan fingerprint density at radius 1 is 1.08 bits per heavy atom. The number of hydrogen-bond acceptors (Lipinski definition) is 5. The third-order valence-corrected chi connectivity index (χ3v) is 8.50. The molecule has 1 fully saturated rings. The molecule has 7 heteroatoms. The van der Waals surface area contributed by atoms with Crippen molar-refractivity contribution in [2.75, 3.05) is 44.4 Å². The van der Waals surface area contributed by atoms with Gasteiger partial charge < -0.3 is 15.2 Å². The molecule has 3 aromatic carbocycles. The molecule has 1 unspecified atom stereocenters. The molecule has 4 nitrogen and oxygen atoms in total. The number of nitrogens with zero attached hydrogens (tertiary/aromatic N) is 1. The molecule has 2 aliphatic heterocycles. The predicted molar refractivity (Wildman–Crippen MR) is 157 cm³/mol. The highest BCUT2D eigenvalue weighted by atomic mass is 32.2. The minimum atomic E-state index is -0.309. The Bertz CT molecular complexity index is 1340. The van der Waals surface area contributed by atoms with Crippen LogP contribution in [0.25, 0.3) is 11.1 Å². The van der Waals surface area contributed by atoms with Crippen molar-refractivity contribution < 1.29 is 18.3 Å². The molecule has 0 bridgehead atoms. The number of allylic oxidation sites excluding steroid dienone is 1. The minimum Gasteiger partial charge on any atom is -0.491 e. The van der Waals surface area contributed by atoms with Crippen molar-refractivity contribution in [2.24, 2.45) is 0 Å². The van der Waals surface area contributed by atoms with E-state index in [1.807, 2.05) is 44.2 Å². The number of rotatable bonds is 9. The quantitative estimate of drug-likeness (QED) is 0.282. The summed E-state index contributed by atoms with van der Waals surface area (Å²) in [5.41, 5.74) is 12.7. The highest BCUT2D eigenvalue weighted by molar-refractivity contribution is 7.99. The van der Waals surface area contributed by atoms with E-state index in [1.54, 1.807) is 17.8 Å². The molecule has 0 radical (unpaired) electrons. The van der Waals surface area contributed by atoms with Crippen molar-refractivity contribution in [2.45, 2.75) is 44.1 Å². The summed E-state index contributed by atoms with van der Waals surface area (Å²) in [4.78, 5) is 3.39. The Hall–Kier alpha value is -3.03. The number of ether oxygens (including phenoxy) is 2. The van der Waals surface area contributed by atoms with Crippen molar-refractivity contribution in [1.82, 2.24) is 4.90 Å². The summed E-state index contributed by atoms with van der Waals surface area (Å²) in [6.45, 7) is 6.37. The molecule has 1 atom stereocenters. The van der Waals surface area contributed by atoms with Crippen LogP contribution in [0.5, 0.6) is 11.5 Å². The van der Waals surface area contributed by atoms with Gasteiger partial charge in [0.1, 0.15) is 11.9 Å². The largest absolute Gasteiger partial charge is 0.491 e. The number of benzene rings is 3. The van der Waals surface area contributed by atoms with Gasteiger partial charge in [0, 0.05) is 36.0 Å². The van der Waals surface area contributed by atoms with Gasteiger partial charge in [-0.1, -0.05) is 24.3 Å². The average molecular weight is 551 g/mol. The Kier molecular flexibility index (Phi) is 8.78. The zero-order chi connectivity index (χ0) is 27.4. The maximum absolute atomic E-state index is 15.3. The van der Waals surface area contributed by atoms with E-state index in [2.05, 4.69) is 23.1 Å². The number of fused-ring (bicyclic) bond motifs is 1. The van der Waals surface area contributed by atoms with E-state index >= 15 is 4.39 Å². The fourth-order valence-corrected chi connectivity index (χ4v) is 6.61. The Morgan fingerprint density at radius 3 is 2.64 bits per heavy atom. The number of alkyl halides is 1. The van der Waals surface area contributed by atoms with Gasteiger partial charge in [0.2, 0.25) is 0 Å². The van der Waals surface area contributed by atoms with Crippen molar-refractivity contribution in [3.8, 4) is 11.5 Å². The zero-order valence-electron chi connectivity index (χ0n) is 22.6. The Balaban J connectivity index is 1.51. The van der Waals surface area contributed by atoms with Crippen LogP contribution in [-0.2, 0) is 0 Å². The van der Waals surface area contributed by atoms with Crippen LogP contribution in [0.1, 0.15) is 48.4 Å². The number of nitrogens with two attached hydrogens (primary N) is 1. The SMILES string of the molecule is CCOc1ccc(C2=C(c3ccc(OC4CCN(CCCF)C4)cc3)c3ccc(N)cc3SCC2)c(C)c1F. The van der Waals surface area contributed by atoms with E-state index in [9.17, 15) is 4.39 Å². The molecule has 3 aromatic rings. The van der Waals surface area contributed by atoms with E-state index < -0.39 is 0 Å². The first-order valence-corrected chi connectivity index (χ1v) is 14.7. The van der Waals surface area contributed by atoms with Crippen molar-refractivity contribution in [3.63, 3.8) is 0 Å². The Morgan fingerprint density at radius 2 is 1.87 bits per heavy atom. The third kappa shape index (κ3) is 6.10. The molecule has 206 valence electrons. The van der Waals surface area contributed by atoms with Crippen molar-refractivity contribution in [1.29, 1.82) is 0 Å². The van der Waals surface area contributed by atoms with Crippen molar-refractivity contribution >= 4 is 28.6 Å². The molecule has 1 saturated heterocycles. The summed E-state index contributed by atoms with van der Waals surface area (Å²) < 4.78 is 39.7. The number of nitrogen functional groups attached to an aromatic ring is 1. The number of halogens is 2. The molecule has 0 spiro atoms. The van der Waals surface area contributed by atoms with Crippen LogP contribution in [-0.4, -0.2) is 49.7 Å². The van der Waals surface area contributed by atoms with E-state index in [1.165, 1.54) is 0 Å². The van der Waals surface area contributed by atoms with Gasteiger partial charge in [-0.3, -0.25) is 9.29 Å². The predicted octanol–water partition coefficient (Wildman–Crippen LogP) is 7.38. The van der Waals surface area contributed by atoms with E-state index in [0.717, 1.165) is 82.4 Å². The summed E-state index contributed by atoms with van der Waals surface area (Å²) in [6.07, 6.45) is 2.41. The van der Waals surface area contributed by atoms with Crippen LogP contribution in [0, 0.1) is 12.7 Å². The second-order valence-electron chi connectivity index (χ2n) is 10.1. The molecule has 2 aliphatic rings. The maximum Gasteiger partial charge on any atom is 0.168 e. The summed E-state index contributed by atoms with van der Waals surface area (Å²) in [5.74, 6) is 1.66. The Labute approximate surface area is 234 Å². The molecular formula is C32H36F2N2O2S.